The van der Waals surface area contributed by atoms with Crippen LogP contribution < -0.4 is 0 Å². The summed E-state index contributed by atoms with van der Waals surface area (Å²) in [5.74, 6) is -0.458. The third kappa shape index (κ3) is 2.16. The van der Waals surface area contributed by atoms with Crippen molar-refractivity contribution in [3.8, 4) is 6.07 Å². The maximum atomic E-state index is 11.9. The summed E-state index contributed by atoms with van der Waals surface area (Å²) in [6.45, 7) is 2.94. The van der Waals surface area contributed by atoms with Gasteiger partial charge in [-0.1, -0.05) is 0 Å². The van der Waals surface area contributed by atoms with E-state index in [0.29, 0.717) is 0 Å². The molecule has 2 atom stereocenters. The molecular weight excluding hydrogens is 93.1 g/mol. The van der Waals surface area contributed by atoms with Crippen LogP contribution in [0.3, 0.4) is 0 Å². The van der Waals surface area contributed by atoms with Gasteiger partial charge in [-0.05, 0) is 13.8 Å². The molecular formula is C5H8FN. The van der Waals surface area contributed by atoms with Gasteiger partial charge in [0.2, 0.25) is 0 Å². The van der Waals surface area contributed by atoms with Crippen molar-refractivity contribution < 1.29 is 4.39 Å². The normalized spacial score (nSPS) is 17.4. The highest BCUT2D eigenvalue weighted by Gasteiger charge is 2.06. The maximum Gasteiger partial charge on any atom is 0.113 e. The van der Waals surface area contributed by atoms with E-state index in [-0.39, 0.29) is 0 Å². The minimum Gasteiger partial charge on any atom is -0.246 e. The van der Waals surface area contributed by atoms with E-state index in [9.17, 15) is 4.39 Å². The zero-order valence-corrected chi connectivity index (χ0v) is 4.48. The Morgan fingerprint density at radius 3 is 2.00 bits per heavy atom. The molecule has 0 saturated heterocycles. The highest BCUT2D eigenvalue weighted by Crippen LogP contribution is 2.02. The van der Waals surface area contributed by atoms with Crippen LogP contribution in [0.15, 0.2) is 0 Å². The second-order valence-electron chi connectivity index (χ2n) is 1.60. The number of halogens is 1. The number of nitriles is 1. The summed E-state index contributed by atoms with van der Waals surface area (Å²) in [6.07, 6.45) is -0.995. The Kier molecular flexibility index (Phi) is 2.36. The van der Waals surface area contributed by atoms with E-state index in [4.69, 9.17) is 5.26 Å². The molecule has 0 aliphatic heterocycles. The summed E-state index contributed by atoms with van der Waals surface area (Å²) in [6, 6.07) is 1.79. The quantitative estimate of drug-likeness (QED) is 0.491. The third-order valence-electron chi connectivity index (χ3n) is 0.893. The van der Waals surface area contributed by atoms with Gasteiger partial charge in [0.25, 0.3) is 0 Å². The summed E-state index contributed by atoms with van der Waals surface area (Å²) in [5.41, 5.74) is 0. The lowest BCUT2D eigenvalue weighted by molar-refractivity contribution is 0.305. The fourth-order valence-electron chi connectivity index (χ4n) is 0.103. The Morgan fingerprint density at radius 2 is 2.00 bits per heavy atom. The Hall–Kier alpha value is -0.580. The van der Waals surface area contributed by atoms with Crippen molar-refractivity contribution >= 4 is 0 Å². The largest absolute Gasteiger partial charge is 0.246 e. The van der Waals surface area contributed by atoms with Crippen LogP contribution >= 0.6 is 0 Å². The first kappa shape index (κ1) is 6.42. The van der Waals surface area contributed by atoms with Crippen molar-refractivity contribution in [2.45, 2.75) is 20.0 Å². The Bertz CT molecular complexity index is 82.6. The molecule has 2 heteroatoms. The second kappa shape index (κ2) is 2.57. The molecule has 0 bridgehead atoms. The van der Waals surface area contributed by atoms with Gasteiger partial charge >= 0.3 is 0 Å². The van der Waals surface area contributed by atoms with Crippen molar-refractivity contribution in [1.82, 2.24) is 0 Å². The molecule has 0 heterocycles. The first-order valence-corrected chi connectivity index (χ1v) is 2.22. The average Bonchev–Trinajstić information content (AvgIpc) is 1.65. The lowest BCUT2D eigenvalue weighted by Gasteiger charge is -1.98. The fourth-order valence-corrected chi connectivity index (χ4v) is 0.103. The molecule has 0 spiro atoms. The molecule has 0 aromatic heterocycles. The minimum atomic E-state index is -0.995. The van der Waals surface area contributed by atoms with Crippen LogP contribution in [0.4, 0.5) is 4.39 Å². The van der Waals surface area contributed by atoms with E-state index in [1.165, 1.54) is 6.92 Å². The van der Waals surface area contributed by atoms with E-state index >= 15 is 0 Å². The molecule has 0 saturated carbocycles. The smallest absolute Gasteiger partial charge is 0.113 e. The van der Waals surface area contributed by atoms with Crippen molar-refractivity contribution in [1.29, 1.82) is 5.26 Å². The lowest BCUT2D eigenvalue weighted by Crippen LogP contribution is -2.03. The summed E-state index contributed by atoms with van der Waals surface area (Å²) in [7, 11) is 0. The van der Waals surface area contributed by atoms with Gasteiger partial charge < -0.3 is 0 Å². The molecule has 1 unspecified atom stereocenters. The van der Waals surface area contributed by atoms with Crippen LogP contribution in [0, 0.1) is 17.2 Å². The summed E-state index contributed by atoms with van der Waals surface area (Å²) in [5, 5.41) is 8.02. The first-order valence-electron chi connectivity index (χ1n) is 2.22. The van der Waals surface area contributed by atoms with Gasteiger partial charge in [0, 0.05) is 0 Å². The zero-order valence-electron chi connectivity index (χ0n) is 4.48. The molecule has 0 radical (unpaired) electrons. The Balaban J connectivity index is 3.40. The van der Waals surface area contributed by atoms with E-state index < -0.39 is 12.1 Å². The highest BCUT2D eigenvalue weighted by atomic mass is 19.1. The van der Waals surface area contributed by atoms with Crippen molar-refractivity contribution in [3.05, 3.63) is 0 Å². The number of nitrogens with zero attached hydrogens (tertiary/aromatic N) is 1. The summed E-state index contributed by atoms with van der Waals surface area (Å²) >= 11 is 0. The molecule has 0 aliphatic rings. The number of alkyl halides is 1. The van der Waals surface area contributed by atoms with E-state index in [1.807, 2.05) is 0 Å². The van der Waals surface area contributed by atoms with Crippen LogP contribution in [0.25, 0.3) is 0 Å². The van der Waals surface area contributed by atoms with Gasteiger partial charge in [0.15, 0.2) is 0 Å². The molecule has 40 valence electrons. The van der Waals surface area contributed by atoms with Crippen LogP contribution in [-0.4, -0.2) is 6.17 Å². The van der Waals surface area contributed by atoms with Crippen molar-refractivity contribution in [2.75, 3.05) is 0 Å². The molecule has 0 N–H and O–H groups in total. The van der Waals surface area contributed by atoms with Crippen LogP contribution in [-0.2, 0) is 0 Å². The number of rotatable bonds is 1. The topological polar surface area (TPSA) is 23.8 Å². The molecule has 7 heavy (non-hydrogen) atoms. The molecule has 0 aromatic rings. The van der Waals surface area contributed by atoms with E-state index in [0.717, 1.165) is 0 Å². The second-order valence-corrected chi connectivity index (χ2v) is 1.60. The Morgan fingerprint density at radius 1 is 1.57 bits per heavy atom. The maximum absolute atomic E-state index is 11.9. The van der Waals surface area contributed by atoms with Crippen molar-refractivity contribution in [3.63, 3.8) is 0 Å². The van der Waals surface area contributed by atoms with Gasteiger partial charge in [-0.25, -0.2) is 4.39 Å². The van der Waals surface area contributed by atoms with Gasteiger partial charge in [0.1, 0.15) is 6.17 Å². The highest BCUT2D eigenvalue weighted by molar-refractivity contribution is 4.82. The first-order chi connectivity index (χ1) is 3.18. The molecule has 0 rings (SSSR count). The molecule has 0 aromatic carbocycles. The lowest BCUT2D eigenvalue weighted by atomic mass is 10.1. The van der Waals surface area contributed by atoms with Gasteiger partial charge in [0.05, 0.1) is 12.0 Å². The van der Waals surface area contributed by atoms with Crippen LogP contribution in [0.2, 0.25) is 0 Å². The molecule has 0 fully saturated rings. The number of hydrogen-bond acceptors (Lipinski definition) is 1. The SMILES string of the molecule is CC(F)[C@@H](C)C#N. The standard InChI is InChI=1S/C5H8FN/c1-4(3-7)5(2)6/h4-5H,1-2H3/t4-,5?/m0/s1. The summed E-state index contributed by atoms with van der Waals surface area (Å²) in [4.78, 5) is 0. The third-order valence-corrected chi connectivity index (χ3v) is 0.893. The van der Waals surface area contributed by atoms with Gasteiger partial charge in [-0.15, -0.1) is 0 Å². The summed E-state index contributed by atoms with van der Waals surface area (Å²) < 4.78 is 11.9. The fraction of sp³-hybridized carbons (Fsp3) is 0.800. The minimum absolute atomic E-state index is 0.458. The van der Waals surface area contributed by atoms with Crippen LogP contribution in [0.5, 0.6) is 0 Å². The molecule has 1 nitrogen and oxygen atoms in total. The zero-order chi connectivity index (χ0) is 5.86. The molecule has 0 amide bonds. The van der Waals surface area contributed by atoms with Gasteiger partial charge in [-0.2, -0.15) is 5.26 Å². The van der Waals surface area contributed by atoms with E-state index in [1.54, 1.807) is 13.0 Å². The van der Waals surface area contributed by atoms with Crippen LogP contribution in [0.1, 0.15) is 13.8 Å². The monoisotopic (exact) mass is 101 g/mol. The average molecular weight is 101 g/mol. The van der Waals surface area contributed by atoms with Crippen molar-refractivity contribution in [2.24, 2.45) is 5.92 Å². The van der Waals surface area contributed by atoms with E-state index in [2.05, 4.69) is 0 Å². The van der Waals surface area contributed by atoms with Gasteiger partial charge in [-0.3, -0.25) is 0 Å². The molecule has 0 aliphatic carbocycles. The Labute approximate surface area is 42.8 Å². The number of hydrogen-bond donors (Lipinski definition) is 0. The predicted molar refractivity (Wildman–Crippen MR) is 25.3 cm³/mol. The predicted octanol–water partition coefficient (Wildman–Crippen LogP) is 1.50.